The molecule has 0 aliphatic heterocycles. The van der Waals surface area contributed by atoms with Crippen LogP contribution < -0.4 is 5.73 Å². The number of benzene rings is 1. The van der Waals surface area contributed by atoms with Crippen molar-refractivity contribution in [3.05, 3.63) is 35.9 Å². The van der Waals surface area contributed by atoms with E-state index >= 15 is 0 Å². The Labute approximate surface area is 83.0 Å². The summed E-state index contributed by atoms with van der Waals surface area (Å²) in [6.07, 6.45) is 1.25. The lowest BCUT2D eigenvalue weighted by molar-refractivity contribution is 1.07. The first kappa shape index (κ1) is 14.7. The maximum atomic E-state index is 5.35. The standard InChI is InChI=1S/C7H9N.C3H8.C2H6/c8-6-7-4-2-1-3-5-7;1-3-2;1-2/h1-5H,6,8H2;3H2,1-2H3;1-2H3. The van der Waals surface area contributed by atoms with Crippen LogP contribution in [-0.2, 0) is 6.54 Å². The minimum atomic E-state index is 0.640. The summed E-state index contributed by atoms with van der Waals surface area (Å²) >= 11 is 0. The van der Waals surface area contributed by atoms with Crippen molar-refractivity contribution >= 4 is 0 Å². The second-order valence-electron chi connectivity index (χ2n) is 2.40. The smallest absolute Gasteiger partial charge is 0.0178 e. The molecule has 0 fully saturated rings. The number of nitrogens with two attached hydrogens (primary N) is 1. The van der Waals surface area contributed by atoms with Gasteiger partial charge in [0.25, 0.3) is 0 Å². The largest absolute Gasteiger partial charge is 0.326 e. The molecule has 0 aliphatic rings. The fraction of sp³-hybridized carbons (Fsp3) is 0.500. The Balaban J connectivity index is 0. The highest BCUT2D eigenvalue weighted by atomic mass is 14.5. The van der Waals surface area contributed by atoms with Crippen LogP contribution in [0, 0.1) is 0 Å². The molecule has 76 valence electrons. The van der Waals surface area contributed by atoms with E-state index in [2.05, 4.69) is 13.8 Å². The molecule has 0 radical (unpaired) electrons. The third-order valence-corrected chi connectivity index (χ3v) is 1.08. The first-order chi connectivity index (χ1) is 6.35. The van der Waals surface area contributed by atoms with Crippen LogP contribution in [0.3, 0.4) is 0 Å². The van der Waals surface area contributed by atoms with Gasteiger partial charge in [-0.2, -0.15) is 0 Å². The fourth-order valence-electron chi connectivity index (χ4n) is 0.614. The Morgan fingerprint density at radius 2 is 1.38 bits per heavy atom. The molecule has 0 bridgehead atoms. The van der Waals surface area contributed by atoms with Crippen molar-refractivity contribution in [1.29, 1.82) is 0 Å². The minimum Gasteiger partial charge on any atom is -0.326 e. The summed E-state index contributed by atoms with van der Waals surface area (Å²) in [5.41, 5.74) is 6.54. The van der Waals surface area contributed by atoms with E-state index in [4.69, 9.17) is 5.73 Å². The minimum absolute atomic E-state index is 0.640. The van der Waals surface area contributed by atoms with E-state index in [1.807, 2.05) is 44.2 Å². The zero-order valence-electron chi connectivity index (χ0n) is 9.38. The Bertz CT molecular complexity index is 158. The van der Waals surface area contributed by atoms with Crippen molar-refractivity contribution in [1.82, 2.24) is 0 Å². The Kier molecular flexibility index (Phi) is 15.5. The molecule has 1 aromatic rings. The van der Waals surface area contributed by atoms with E-state index in [0.29, 0.717) is 6.54 Å². The van der Waals surface area contributed by atoms with Crippen molar-refractivity contribution in [3.63, 3.8) is 0 Å². The zero-order chi connectivity index (χ0) is 10.5. The van der Waals surface area contributed by atoms with Gasteiger partial charge in [0.2, 0.25) is 0 Å². The third-order valence-electron chi connectivity index (χ3n) is 1.08. The first-order valence-corrected chi connectivity index (χ1v) is 5.09. The van der Waals surface area contributed by atoms with Gasteiger partial charge in [-0.15, -0.1) is 0 Å². The van der Waals surface area contributed by atoms with E-state index < -0.39 is 0 Å². The summed E-state index contributed by atoms with van der Waals surface area (Å²) in [7, 11) is 0. The van der Waals surface area contributed by atoms with Crippen LogP contribution in [0.15, 0.2) is 30.3 Å². The van der Waals surface area contributed by atoms with E-state index in [1.165, 1.54) is 12.0 Å². The Hall–Kier alpha value is -0.820. The highest BCUT2D eigenvalue weighted by Gasteiger charge is 1.80. The zero-order valence-corrected chi connectivity index (χ0v) is 9.38. The van der Waals surface area contributed by atoms with Crippen LogP contribution in [0.2, 0.25) is 0 Å². The van der Waals surface area contributed by atoms with Gasteiger partial charge in [-0.3, -0.25) is 0 Å². The van der Waals surface area contributed by atoms with E-state index in [0.717, 1.165) is 0 Å². The van der Waals surface area contributed by atoms with Gasteiger partial charge in [-0.05, 0) is 5.56 Å². The molecule has 0 aromatic heterocycles. The quantitative estimate of drug-likeness (QED) is 0.704. The molecule has 1 nitrogen and oxygen atoms in total. The second kappa shape index (κ2) is 13.7. The highest BCUT2D eigenvalue weighted by Crippen LogP contribution is 1.94. The first-order valence-electron chi connectivity index (χ1n) is 5.09. The molecule has 1 heteroatoms. The summed E-state index contributed by atoms with van der Waals surface area (Å²) in [5.74, 6) is 0. The molecule has 0 saturated carbocycles. The lowest BCUT2D eigenvalue weighted by atomic mass is 10.2. The molecule has 0 atom stereocenters. The third kappa shape index (κ3) is 11.2. The van der Waals surface area contributed by atoms with E-state index in [9.17, 15) is 0 Å². The van der Waals surface area contributed by atoms with Crippen molar-refractivity contribution in [2.75, 3.05) is 0 Å². The predicted octanol–water partition coefficient (Wildman–Crippen LogP) is 3.59. The second-order valence-corrected chi connectivity index (χ2v) is 2.40. The molecule has 1 rings (SSSR count). The Morgan fingerprint density at radius 3 is 1.62 bits per heavy atom. The molecule has 0 saturated heterocycles. The predicted molar refractivity (Wildman–Crippen MR) is 61.6 cm³/mol. The van der Waals surface area contributed by atoms with Gasteiger partial charge in [0.1, 0.15) is 0 Å². The monoisotopic (exact) mass is 181 g/mol. The number of hydrogen-bond donors (Lipinski definition) is 1. The van der Waals surface area contributed by atoms with Gasteiger partial charge >= 0.3 is 0 Å². The van der Waals surface area contributed by atoms with Crippen molar-refractivity contribution in [3.8, 4) is 0 Å². The van der Waals surface area contributed by atoms with E-state index in [-0.39, 0.29) is 0 Å². The van der Waals surface area contributed by atoms with Gasteiger partial charge in [0.05, 0.1) is 0 Å². The maximum absolute atomic E-state index is 5.35. The van der Waals surface area contributed by atoms with Gasteiger partial charge in [0, 0.05) is 6.54 Å². The van der Waals surface area contributed by atoms with E-state index in [1.54, 1.807) is 0 Å². The molecular weight excluding hydrogens is 158 g/mol. The van der Waals surface area contributed by atoms with Crippen LogP contribution >= 0.6 is 0 Å². The van der Waals surface area contributed by atoms with Gasteiger partial charge in [-0.25, -0.2) is 0 Å². The van der Waals surface area contributed by atoms with Crippen molar-refractivity contribution in [2.45, 2.75) is 40.7 Å². The molecule has 13 heavy (non-hydrogen) atoms. The SMILES string of the molecule is CC.CCC.NCc1ccccc1. The summed E-state index contributed by atoms with van der Waals surface area (Å²) in [5, 5.41) is 0. The van der Waals surface area contributed by atoms with Crippen molar-refractivity contribution < 1.29 is 0 Å². The summed E-state index contributed by atoms with van der Waals surface area (Å²) in [4.78, 5) is 0. The number of hydrogen-bond acceptors (Lipinski definition) is 1. The molecular formula is C12H23N. The molecule has 0 aliphatic carbocycles. The molecule has 0 amide bonds. The molecule has 0 heterocycles. The Morgan fingerprint density at radius 1 is 1.00 bits per heavy atom. The lowest BCUT2D eigenvalue weighted by Crippen LogP contribution is -1.94. The molecule has 1 aromatic carbocycles. The highest BCUT2D eigenvalue weighted by molar-refractivity contribution is 5.13. The average Bonchev–Trinajstić information content (AvgIpc) is 2.23. The van der Waals surface area contributed by atoms with Crippen LogP contribution in [-0.4, -0.2) is 0 Å². The lowest BCUT2D eigenvalue weighted by Gasteiger charge is -1.90. The summed E-state index contributed by atoms with van der Waals surface area (Å²) in [6.45, 7) is 8.89. The maximum Gasteiger partial charge on any atom is 0.0178 e. The van der Waals surface area contributed by atoms with Gasteiger partial charge < -0.3 is 5.73 Å². The van der Waals surface area contributed by atoms with Crippen LogP contribution in [0.4, 0.5) is 0 Å². The summed E-state index contributed by atoms with van der Waals surface area (Å²) < 4.78 is 0. The van der Waals surface area contributed by atoms with Crippen LogP contribution in [0.1, 0.15) is 39.7 Å². The van der Waals surface area contributed by atoms with Crippen molar-refractivity contribution in [2.24, 2.45) is 5.73 Å². The molecule has 0 unspecified atom stereocenters. The summed E-state index contributed by atoms with van der Waals surface area (Å²) in [6, 6.07) is 9.99. The average molecular weight is 181 g/mol. The number of rotatable bonds is 1. The fourth-order valence-corrected chi connectivity index (χ4v) is 0.614. The molecule has 2 N–H and O–H groups in total. The molecule has 0 spiro atoms. The normalized spacial score (nSPS) is 7.46. The van der Waals surface area contributed by atoms with Gasteiger partial charge in [-0.1, -0.05) is 64.4 Å². The van der Waals surface area contributed by atoms with Crippen LogP contribution in [0.5, 0.6) is 0 Å². The topological polar surface area (TPSA) is 26.0 Å². The van der Waals surface area contributed by atoms with Crippen LogP contribution in [0.25, 0.3) is 0 Å². The van der Waals surface area contributed by atoms with Gasteiger partial charge in [0.15, 0.2) is 0 Å².